The summed E-state index contributed by atoms with van der Waals surface area (Å²) in [5.74, 6) is 0.843. The molecule has 0 spiro atoms. The number of hydrogen-bond donors (Lipinski definition) is 0. The highest BCUT2D eigenvalue weighted by Gasteiger charge is 2.14. The molecule has 1 aromatic heterocycles. The lowest BCUT2D eigenvalue weighted by atomic mass is 9.93. The van der Waals surface area contributed by atoms with Crippen LogP contribution >= 0.6 is 43.9 Å². The first kappa shape index (κ1) is 16.0. The minimum atomic E-state index is 0.422. The Hall–Kier alpha value is -0.350. The SMILES string of the molecule is CC(C)c1cccc(C(C)C)c1N=c1ssc(Cl)c1Cl. The second kappa shape index (κ2) is 6.61. The van der Waals surface area contributed by atoms with Crippen molar-refractivity contribution < 1.29 is 0 Å². The first-order valence-electron chi connectivity index (χ1n) is 6.53. The molecule has 20 heavy (non-hydrogen) atoms. The molecule has 108 valence electrons. The van der Waals surface area contributed by atoms with E-state index >= 15 is 0 Å². The first-order valence-corrected chi connectivity index (χ1v) is 9.44. The van der Waals surface area contributed by atoms with Gasteiger partial charge in [-0.25, -0.2) is 4.99 Å². The van der Waals surface area contributed by atoms with Gasteiger partial charge in [-0.2, -0.15) is 0 Å². The lowest BCUT2D eigenvalue weighted by Crippen LogP contribution is -1.99. The van der Waals surface area contributed by atoms with Crippen LogP contribution in [0.5, 0.6) is 0 Å². The Morgan fingerprint density at radius 3 is 1.90 bits per heavy atom. The van der Waals surface area contributed by atoms with Crippen molar-refractivity contribution in [1.29, 1.82) is 0 Å². The Morgan fingerprint density at radius 2 is 1.50 bits per heavy atom. The van der Waals surface area contributed by atoms with Gasteiger partial charge >= 0.3 is 0 Å². The number of halogens is 2. The van der Waals surface area contributed by atoms with Gasteiger partial charge in [-0.15, -0.1) is 0 Å². The molecule has 0 atom stereocenters. The number of benzene rings is 1. The maximum Gasteiger partial charge on any atom is 0.147 e. The predicted octanol–water partition coefficient (Wildman–Crippen LogP) is 6.60. The van der Waals surface area contributed by atoms with Crippen LogP contribution in [0.1, 0.15) is 50.7 Å². The number of hydrogen-bond acceptors (Lipinski definition) is 3. The van der Waals surface area contributed by atoms with Gasteiger partial charge in [0.2, 0.25) is 0 Å². The van der Waals surface area contributed by atoms with E-state index in [2.05, 4.69) is 45.9 Å². The largest absolute Gasteiger partial charge is 0.235 e. The Balaban J connectivity index is 2.71. The molecule has 5 heteroatoms. The zero-order valence-corrected chi connectivity index (χ0v) is 15.1. The summed E-state index contributed by atoms with van der Waals surface area (Å²) in [6.45, 7) is 8.74. The maximum absolute atomic E-state index is 6.22. The summed E-state index contributed by atoms with van der Waals surface area (Å²) in [5.41, 5.74) is 3.55. The summed E-state index contributed by atoms with van der Waals surface area (Å²) < 4.78 is 1.42. The van der Waals surface area contributed by atoms with E-state index in [0.29, 0.717) is 21.2 Å². The summed E-state index contributed by atoms with van der Waals surface area (Å²) in [6.07, 6.45) is 0. The normalized spacial score (nSPS) is 12.7. The van der Waals surface area contributed by atoms with Crippen LogP contribution in [0.15, 0.2) is 23.2 Å². The molecule has 0 N–H and O–H groups in total. The van der Waals surface area contributed by atoms with Crippen molar-refractivity contribution >= 4 is 49.6 Å². The van der Waals surface area contributed by atoms with Gasteiger partial charge in [0.15, 0.2) is 0 Å². The zero-order valence-electron chi connectivity index (χ0n) is 11.9. The Bertz CT molecular complexity index is 643. The quantitative estimate of drug-likeness (QED) is 0.556. The fourth-order valence-corrected chi connectivity index (χ4v) is 4.78. The Morgan fingerprint density at radius 1 is 0.950 bits per heavy atom. The summed E-state index contributed by atoms with van der Waals surface area (Å²) in [6, 6.07) is 6.39. The lowest BCUT2D eigenvalue weighted by molar-refractivity contribution is 0.833. The zero-order chi connectivity index (χ0) is 14.9. The molecule has 0 bridgehead atoms. The predicted molar refractivity (Wildman–Crippen MR) is 92.1 cm³/mol. The summed E-state index contributed by atoms with van der Waals surface area (Å²) in [5, 5.41) is 0.565. The van der Waals surface area contributed by atoms with E-state index < -0.39 is 0 Å². The van der Waals surface area contributed by atoms with Gasteiger partial charge in [0.05, 0.1) is 5.69 Å². The van der Waals surface area contributed by atoms with Gasteiger partial charge in [-0.1, -0.05) is 89.8 Å². The average molecular weight is 346 g/mol. The van der Waals surface area contributed by atoms with Crippen molar-refractivity contribution in [3.63, 3.8) is 0 Å². The highest BCUT2D eigenvalue weighted by molar-refractivity contribution is 7.69. The molecule has 0 saturated heterocycles. The Labute approximate surface area is 137 Å². The highest BCUT2D eigenvalue weighted by Crippen LogP contribution is 2.35. The van der Waals surface area contributed by atoms with Crippen LogP contribution in [-0.2, 0) is 0 Å². The first-order chi connectivity index (χ1) is 9.41. The van der Waals surface area contributed by atoms with Crippen molar-refractivity contribution in [2.45, 2.75) is 39.5 Å². The van der Waals surface area contributed by atoms with E-state index in [4.69, 9.17) is 28.2 Å². The van der Waals surface area contributed by atoms with Crippen molar-refractivity contribution in [3.8, 4) is 0 Å². The fraction of sp³-hybridized carbons (Fsp3) is 0.400. The van der Waals surface area contributed by atoms with Gasteiger partial charge < -0.3 is 0 Å². The number of para-hydroxylation sites is 1. The smallest absolute Gasteiger partial charge is 0.147 e. The minimum absolute atomic E-state index is 0.422. The Kier molecular flexibility index (Phi) is 5.30. The summed E-state index contributed by atoms with van der Waals surface area (Å²) >= 11 is 12.3. The number of nitrogens with zero attached hydrogens (tertiary/aromatic N) is 1. The van der Waals surface area contributed by atoms with Crippen LogP contribution in [0.2, 0.25) is 9.36 Å². The monoisotopic (exact) mass is 345 g/mol. The molecule has 0 aliphatic rings. The van der Waals surface area contributed by atoms with Crippen LogP contribution < -0.4 is 4.67 Å². The van der Waals surface area contributed by atoms with E-state index in [-0.39, 0.29) is 0 Å². The van der Waals surface area contributed by atoms with Crippen LogP contribution in [0.25, 0.3) is 0 Å². The molecule has 0 aliphatic heterocycles. The molecule has 1 nitrogen and oxygen atoms in total. The molecule has 0 radical (unpaired) electrons. The summed E-state index contributed by atoms with van der Waals surface area (Å²) in [7, 11) is 2.98. The molecule has 1 aromatic carbocycles. The summed E-state index contributed by atoms with van der Waals surface area (Å²) in [4.78, 5) is 4.82. The van der Waals surface area contributed by atoms with E-state index in [0.717, 1.165) is 10.4 Å². The van der Waals surface area contributed by atoms with E-state index in [9.17, 15) is 0 Å². The van der Waals surface area contributed by atoms with Gasteiger partial charge in [0.25, 0.3) is 0 Å². The second-order valence-corrected chi connectivity index (χ2v) is 8.37. The second-order valence-electron chi connectivity index (χ2n) is 5.27. The van der Waals surface area contributed by atoms with E-state index in [1.165, 1.54) is 31.8 Å². The highest BCUT2D eigenvalue weighted by atomic mass is 35.5. The van der Waals surface area contributed by atoms with Crippen LogP contribution in [0.3, 0.4) is 0 Å². The number of rotatable bonds is 3. The van der Waals surface area contributed by atoms with Crippen LogP contribution in [-0.4, -0.2) is 0 Å². The molecule has 0 saturated carbocycles. The van der Waals surface area contributed by atoms with Crippen molar-refractivity contribution in [3.05, 3.63) is 43.4 Å². The molecular formula is C15H17Cl2NS2. The van der Waals surface area contributed by atoms with Crippen molar-refractivity contribution in [1.82, 2.24) is 0 Å². The third kappa shape index (κ3) is 3.28. The maximum atomic E-state index is 6.22. The van der Waals surface area contributed by atoms with Crippen LogP contribution in [0.4, 0.5) is 5.69 Å². The van der Waals surface area contributed by atoms with Crippen LogP contribution in [0, 0.1) is 0 Å². The average Bonchev–Trinajstić information content (AvgIpc) is 2.70. The third-order valence-electron chi connectivity index (χ3n) is 3.11. The molecule has 0 aliphatic carbocycles. The molecular weight excluding hydrogens is 329 g/mol. The van der Waals surface area contributed by atoms with Gasteiger partial charge in [0.1, 0.15) is 14.0 Å². The molecule has 0 amide bonds. The molecule has 1 heterocycles. The molecule has 0 fully saturated rings. The standard InChI is InChI=1S/C15H17Cl2NS2/c1-8(2)10-6-5-7-11(9(3)4)13(10)18-15-12(16)14(17)19-20-15/h5-9H,1-4H3. The van der Waals surface area contributed by atoms with Gasteiger partial charge in [0, 0.05) is 0 Å². The van der Waals surface area contributed by atoms with Gasteiger partial charge in [-0.3, -0.25) is 0 Å². The molecule has 2 aromatic rings. The van der Waals surface area contributed by atoms with E-state index in [1.807, 2.05) is 0 Å². The van der Waals surface area contributed by atoms with E-state index in [1.54, 1.807) is 0 Å². The molecule has 0 unspecified atom stereocenters. The molecule has 2 rings (SSSR count). The fourth-order valence-electron chi connectivity index (χ4n) is 2.04. The topological polar surface area (TPSA) is 12.4 Å². The lowest BCUT2D eigenvalue weighted by Gasteiger charge is -2.15. The van der Waals surface area contributed by atoms with Crippen molar-refractivity contribution in [2.24, 2.45) is 4.99 Å². The third-order valence-corrected chi connectivity index (χ3v) is 6.60. The minimum Gasteiger partial charge on any atom is -0.235 e. The van der Waals surface area contributed by atoms with Gasteiger partial charge in [-0.05, 0) is 23.0 Å². The van der Waals surface area contributed by atoms with Crippen molar-refractivity contribution in [2.75, 3.05) is 0 Å².